The Morgan fingerprint density at radius 2 is 1.75 bits per heavy atom. The second-order valence-electron chi connectivity index (χ2n) is 11.0. The van der Waals surface area contributed by atoms with Crippen LogP contribution in [0, 0.1) is 17.6 Å². The summed E-state index contributed by atoms with van der Waals surface area (Å²) >= 11 is 0. The van der Waals surface area contributed by atoms with Crippen LogP contribution in [0.5, 0.6) is 0 Å². The van der Waals surface area contributed by atoms with Gasteiger partial charge < -0.3 is 25.4 Å². The van der Waals surface area contributed by atoms with Crippen molar-refractivity contribution in [2.45, 2.75) is 69.6 Å². The highest BCUT2D eigenvalue weighted by molar-refractivity contribution is 5.79. The summed E-state index contributed by atoms with van der Waals surface area (Å²) in [5.41, 5.74) is 1.28. The van der Waals surface area contributed by atoms with Crippen LogP contribution in [0.2, 0.25) is 0 Å². The number of aliphatic hydroxyl groups is 1. The van der Waals surface area contributed by atoms with Crippen LogP contribution in [0.1, 0.15) is 57.4 Å². The zero-order valence-corrected chi connectivity index (χ0v) is 22.4. The van der Waals surface area contributed by atoms with Gasteiger partial charge in [0.05, 0.1) is 31.2 Å². The molecule has 1 saturated heterocycles. The molecule has 10 nitrogen and oxygen atoms in total. The van der Waals surface area contributed by atoms with Crippen molar-refractivity contribution in [3.05, 3.63) is 36.0 Å². The van der Waals surface area contributed by atoms with Crippen LogP contribution in [-0.4, -0.2) is 73.9 Å². The molecule has 0 atom stereocenters. The van der Waals surface area contributed by atoms with Gasteiger partial charge in [-0.25, -0.2) is 18.7 Å². The molecular weight excluding hydrogens is 520 g/mol. The summed E-state index contributed by atoms with van der Waals surface area (Å²) in [6.45, 7) is 2.42. The fourth-order valence-corrected chi connectivity index (χ4v) is 6.13. The van der Waals surface area contributed by atoms with Crippen LogP contribution in [0.25, 0.3) is 11.2 Å². The molecule has 1 aromatic carbocycles. The molecular formula is C28H35F2N7O3. The Labute approximate surface area is 231 Å². The van der Waals surface area contributed by atoms with Crippen molar-refractivity contribution >= 4 is 34.7 Å². The summed E-state index contributed by atoms with van der Waals surface area (Å²) in [6, 6.07) is 3.54. The fourth-order valence-electron chi connectivity index (χ4n) is 6.13. The molecule has 1 amide bonds. The Morgan fingerprint density at radius 3 is 2.48 bits per heavy atom. The molecule has 3 N–H and O–H groups in total. The lowest BCUT2D eigenvalue weighted by Gasteiger charge is -2.34. The van der Waals surface area contributed by atoms with Crippen molar-refractivity contribution in [1.29, 1.82) is 0 Å². The summed E-state index contributed by atoms with van der Waals surface area (Å²) in [4.78, 5) is 29.0. The second kappa shape index (κ2) is 11.6. The highest BCUT2D eigenvalue weighted by Gasteiger charge is 2.33. The molecule has 3 aromatic rings. The van der Waals surface area contributed by atoms with Crippen LogP contribution < -0.4 is 10.6 Å². The largest absolute Gasteiger partial charge is 0.393 e. The number of amides is 1. The van der Waals surface area contributed by atoms with Crippen molar-refractivity contribution in [3.8, 4) is 0 Å². The van der Waals surface area contributed by atoms with Crippen LogP contribution in [0.4, 0.5) is 26.4 Å². The molecule has 3 fully saturated rings. The first kappa shape index (κ1) is 26.8. The topological polar surface area (TPSA) is 117 Å². The minimum absolute atomic E-state index is 0.0164. The van der Waals surface area contributed by atoms with Gasteiger partial charge in [0, 0.05) is 37.2 Å². The smallest absolute Gasteiger partial charge is 0.225 e. The maximum Gasteiger partial charge on any atom is 0.225 e. The Morgan fingerprint density at radius 1 is 1.00 bits per heavy atom. The molecule has 214 valence electrons. The molecule has 0 unspecified atom stereocenters. The van der Waals surface area contributed by atoms with Gasteiger partial charge in [-0.2, -0.15) is 4.98 Å². The van der Waals surface area contributed by atoms with E-state index in [4.69, 9.17) is 9.72 Å². The molecule has 3 aliphatic rings. The molecule has 1 aliphatic heterocycles. The molecule has 0 spiro atoms. The van der Waals surface area contributed by atoms with Gasteiger partial charge in [0.15, 0.2) is 5.65 Å². The molecule has 40 heavy (non-hydrogen) atoms. The van der Waals surface area contributed by atoms with Crippen molar-refractivity contribution in [2.75, 3.05) is 36.9 Å². The van der Waals surface area contributed by atoms with Crippen LogP contribution in [0.3, 0.4) is 0 Å². The number of fused-ring (bicyclic) bond motifs is 1. The third kappa shape index (κ3) is 5.73. The zero-order chi connectivity index (χ0) is 27.6. The monoisotopic (exact) mass is 555 g/mol. The fraction of sp³-hybridized carbons (Fsp3) is 0.571. The quantitative estimate of drug-likeness (QED) is 0.415. The summed E-state index contributed by atoms with van der Waals surface area (Å²) in [5, 5.41) is 16.3. The average molecular weight is 556 g/mol. The van der Waals surface area contributed by atoms with Gasteiger partial charge in [-0.15, -0.1) is 0 Å². The standard InChI is InChI=1S/C28H35F2N7O3/c29-18-3-10-23(22(30)15-18)33-28-34-24-16-31-27(32-19-4-8-21(38)9-5-19)35-25(24)37(28)20-6-1-17(2-7-20)26(39)36-11-13-40-14-12-36/h3,10,15-17,19-21,38H,1-2,4-9,11-14H2,(H,33,34)(H,31,32,35)/t17-,19-,20+,21-. The van der Waals surface area contributed by atoms with Crippen LogP contribution >= 0.6 is 0 Å². The van der Waals surface area contributed by atoms with E-state index in [0.29, 0.717) is 49.4 Å². The van der Waals surface area contributed by atoms with E-state index in [1.807, 2.05) is 9.47 Å². The van der Waals surface area contributed by atoms with E-state index in [9.17, 15) is 18.7 Å². The molecule has 0 radical (unpaired) electrons. The summed E-state index contributed by atoms with van der Waals surface area (Å²) in [7, 11) is 0. The molecule has 6 rings (SSSR count). The molecule has 2 aliphatic carbocycles. The number of nitrogens with zero attached hydrogens (tertiary/aromatic N) is 5. The predicted molar refractivity (Wildman–Crippen MR) is 145 cm³/mol. The third-order valence-electron chi connectivity index (χ3n) is 8.37. The van der Waals surface area contributed by atoms with Crippen LogP contribution in [-0.2, 0) is 9.53 Å². The first-order valence-electron chi connectivity index (χ1n) is 14.2. The normalized spacial score (nSPS) is 25.6. The molecule has 2 saturated carbocycles. The Kier molecular flexibility index (Phi) is 7.79. The number of carbonyl (C=O) groups excluding carboxylic acids is 1. The second-order valence-corrected chi connectivity index (χ2v) is 11.0. The Bertz CT molecular complexity index is 1350. The van der Waals surface area contributed by atoms with Crippen molar-refractivity contribution < 1.29 is 23.4 Å². The minimum Gasteiger partial charge on any atom is -0.393 e. The number of ether oxygens (including phenoxy) is 1. The van der Waals surface area contributed by atoms with E-state index in [2.05, 4.69) is 20.6 Å². The van der Waals surface area contributed by atoms with Gasteiger partial charge >= 0.3 is 0 Å². The van der Waals surface area contributed by atoms with Gasteiger partial charge in [0.2, 0.25) is 17.8 Å². The highest BCUT2D eigenvalue weighted by Crippen LogP contribution is 2.38. The number of anilines is 3. The highest BCUT2D eigenvalue weighted by atomic mass is 19.1. The zero-order valence-electron chi connectivity index (χ0n) is 22.4. The van der Waals surface area contributed by atoms with Crippen molar-refractivity contribution in [1.82, 2.24) is 24.4 Å². The maximum absolute atomic E-state index is 14.6. The Hall–Kier alpha value is -3.38. The maximum atomic E-state index is 14.6. The number of hydrogen-bond acceptors (Lipinski definition) is 8. The van der Waals surface area contributed by atoms with E-state index in [1.54, 1.807) is 6.20 Å². The van der Waals surface area contributed by atoms with Crippen molar-refractivity contribution in [2.24, 2.45) is 5.92 Å². The number of aliphatic hydroxyl groups excluding tert-OH is 1. The number of rotatable bonds is 6. The lowest BCUT2D eigenvalue weighted by Crippen LogP contribution is -2.44. The minimum atomic E-state index is -0.716. The van der Waals surface area contributed by atoms with E-state index >= 15 is 0 Å². The summed E-state index contributed by atoms with van der Waals surface area (Å²) in [5.74, 6) is -0.344. The third-order valence-corrected chi connectivity index (χ3v) is 8.37. The lowest BCUT2D eigenvalue weighted by atomic mass is 9.85. The molecule has 0 bridgehead atoms. The first-order valence-corrected chi connectivity index (χ1v) is 14.2. The number of hydrogen-bond donors (Lipinski definition) is 3. The van der Waals surface area contributed by atoms with E-state index in [0.717, 1.165) is 57.4 Å². The van der Waals surface area contributed by atoms with E-state index in [1.165, 1.54) is 12.1 Å². The molecule has 2 aromatic heterocycles. The number of halogens is 2. The number of nitrogens with one attached hydrogen (secondary N) is 2. The van der Waals surface area contributed by atoms with Gasteiger partial charge in [-0.05, 0) is 63.5 Å². The number of carbonyl (C=O) groups is 1. The van der Waals surface area contributed by atoms with Crippen molar-refractivity contribution in [3.63, 3.8) is 0 Å². The summed E-state index contributed by atoms with van der Waals surface area (Å²) < 4.78 is 35.5. The predicted octanol–water partition coefficient (Wildman–Crippen LogP) is 4.15. The van der Waals surface area contributed by atoms with Gasteiger partial charge in [0.25, 0.3) is 0 Å². The van der Waals surface area contributed by atoms with E-state index < -0.39 is 11.6 Å². The van der Waals surface area contributed by atoms with Crippen LogP contribution in [0.15, 0.2) is 24.4 Å². The SMILES string of the molecule is O=C([C@H]1CC[C@@H](n2c(Nc3ccc(F)cc3F)nc3cnc(N[C@H]4CC[C@H](O)CC4)nc32)CC1)N1CCOCC1. The van der Waals surface area contributed by atoms with Gasteiger partial charge in [-0.1, -0.05) is 0 Å². The lowest BCUT2D eigenvalue weighted by molar-refractivity contribution is -0.140. The molecule has 3 heterocycles. The number of aromatic nitrogens is 4. The molecule has 12 heteroatoms. The number of morpholine rings is 1. The summed E-state index contributed by atoms with van der Waals surface area (Å²) in [6.07, 6.45) is 7.46. The number of imidazole rings is 1. The van der Waals surface area contributed by atoms with Gasteiger partial charge in [-0.3, -0.25) is 9.36 Å². The average Bonchev–Trinajstić information content (AvgIpc) is 3.33. The van der Waals surface area contributed by atoms with E-state index in [-0.39, 0.29) is 35.7 Å². The van der Waals surface area contributed by atoms with Gasteiger partial charge in [0.1, 0.15) is 17.2 Å². The first-order chi connectivity index (χ1) is 19.4. The number of benzene rings is 1. The Balaban J connectivity index is 1.27.